The fourth-order valence-electron chi connectivity index (χ4n) is 7.75. The van der Waals surface area contributed by atoms with Gasteiger partial charge < -0.3 is 15.4 Å². The number of alkyl halides is 3. The summed E-state index contributed by atoms with van der Waals surface area (Å²) in [6, 6.07) is 30.6. The van der Waals surface area contributed by atoms with Crippen molar-refractivity contribution in [3.8, 4) is 0 Å². The van der Waals surface area contributed by atoms with Gasteiger partial charge in [-0.1, -0.05) is 61.4 Å². The average Bonchev–Trinajstić information content (AvgIpc) is 3.25. The lowest BCUT2D eigenvalue weighted by atomic mass is 9.73. The van der Waals surface area contributed by atoms with Gasteiger partial charge in [0.15, 0.2) is 0 Å². The van der Waals surface area contributed by atoms with Crippen molar-refractivity contribution in [1.82, 2.24) is 14.5 Å². The van der Waals surface area contributed by atoms with Crippen molar-refractivity contribution in [2.75, 3.05) is 82.0 Å². The second-order valence-electron chi connectivity index (χ2n) is 16.3. The van der Waals surface area contributed by atoms with Crippen molar-refractivity contribution in [1.29, 1.82) is 0 Å². The van der Waals surface area contributed by atoms with E-state index in [0.29, 0.717) is 15.9 Å². The number of amides is 1. The van der Waals surface area contributed by atoms with Gasteiger partial charge in [-0.15, -0.1) is 11.8 Å². The summed E-state index contributed by atoms with van der Waals surface area (Å²) in [5, 5.41) is 0.759. The van der Waals surface area contributed by atoms with Crippen LogP contribution in [0.5, 0.6) is 0 Å². The second kappa shape index (κ2) is 22.9. The van der Waals surface area contributed by atoms with Crippen molar-refractivity contribution in [3.63, 3.8) is 0 Å². The predicted molar refractivity (Wildman–Crippen MR) is 251 cm³/mol. The van der Waals surface area contributed by atoms with Gasteiger partial charge in [0.05, 0.1) is 13.2 Å². The SMILES string of the molecule is CC1(C)CCC(c2ccc(Cl)cc2)=C(CN2CCN(c3ccc(C(=O)NSc4ccc(N)c(SC(F)(F)F)c4)cc3)CC2)C1.c1ccc(SCCCCN2CCOCC2)cc1. The Bertz CT molecular complexity index is 2020. The Balaban J connectivity index is 0.000000305. The molecule has 0 saturated carbocycles. The Labute approximate surface area is 377 Å². The maximum absolute atomic E-state index is 12.8. The fourth-order valence-corrected chi connectivity index (χ4v) is 10.1. The molecule has 4 aromatic carbocycles. The van der Waals surface area contributed by atoms with Gasteiger partial charge in [-0.3, -0.25) is 19.3 Å². The van der Waals surface area contributed by atoms with Crippen LogP contribution in [0, 0.1) is 5.41 Å². The number of nitrogens with zero attached hydrogens (tertiary/aromatic N) is 3. The van der Waals surface area contributed by atoms with Crippen LogP contribution in [0.4, 0.5) is 24.5 Å². The first-order chi connectivity index (χ1) is 29.3. The van der Waals surface area contributed by atoms with Gasteiger partial charge in [0, 0.05) is 82.5 Å². The van der Waals surface area contributed by atoms with Gasteiger partial charge in [-0.05, 0) is 151 Å². The van der Waals surface area contributed by atoms with Crippen molar-refractivity contribution < 1.29 is 22.7 Å². The van der Waals surface area contributed by atoms with Crippen LogP contribution in [-0.4, -0.2) is 92.5 Å². The fraction of sp³-hybridized carbons (Fsp3) is 0.426. The predicted octanol–water partition coefficient (Wildman–Crippen LogP) is 11.6. The molecule has 0 unspecified atom stereocenters. The van der Waals surface area contributed by atoms with Crippen LogP contribution < -0.4 is 15.4 Å². The van der Waals surface area contributed by atoms with Crippen molar-refractivity contribution >= 4 is 69.9 Å². The number of benzene rings is 4. The topological polar surface area (TPSA) is 74.1 Å². The molecule has 0 spiro atoms. The van der Waals surface area contributed by atoms with Gasteiger partial charge in [0.2, 0.25) is 0 Å². The highest BCUT2D eigenvalue weighted by Crippen LogP contribution is 2.43. The first kappa shape index (κ1) is 47.2. The molecule has 2 aliphatic heterocycles. The smallest absolute Gasteiger partial charge is 0.398 e. The Morgan fingerprint density at radius 3 is 2.25 bits per heavy atom. The molecular formula is C47H57ClF3N5O2S3. The van der Waals surface area contributed by atoms with Gasteiger partial charge in [-0.25, -0.2) is 0 Å². The number of carbonyl (C=O) groups is 1. The van der Waals surface area contributed by atoms with Crippen LogP contribution in [0.3, 0.4) is 0 Å². The van der Waals surface area contributed by atoms with Crippen molar-refractivity contribution in [2.24, 2.45) is 5.41 Å². The minimum atomic E-state index is -4.44. The molecule has 61 heavy (non-hydrogen) atoms. The van der Waals surface area contributed by atoms with E-state index in [4.69, 9.17) is 22.1 Å². The molecule has 0 bridgehead atoms. The number of halogens is 4. The van der Waals surface area contributed by atoms with E-state index in [2.05, 4.69) is 75.7 Å². The van der Waals surface area contributed by atoms with Crippen LogP contribution in [0.15, 0.2) is 117 Å². The minimum absolute atomic E-state index is 0.0390. The molecule has 0 radical (unpaired) electrons. The number of carbonyl (C=O) groups excluding carboxylic acids is 1. The third-order valence-electron chi connectivity index (χ3n) is 11.1. The second-order valence-corrected chi connectivity index (χ2v) is 19.9. The third kappa shape index (κ3) is 15.5. The Morgan fingerprint density at radius 1 is 0.852 bits per heavy atom. The molecule has 2 fully saturated rings. The number of nitrogens with one attached hydrogen (secondary N) is 1. The van der Waals surface area contributed by atoms with E-state index in [1.54, 1.807) is 18.2 Å². The Kier molecular flexibility index (Phi) is 17.7. The lowest BCUT2D eigenvalue weighted by molar-refractivity contribution is -0.0328. The molecule has 0 atom stereocenters. The number of hydrogen-bond donors (Lipinski definition) is 2. The number of morpholine rings is 1. The summed E-state index contributed by atoms with van der Waals surface area (Å²) in [6.07, 6.45) is 5.97. The zero-order valence-electron chi connectivity index (χ0n) is 35.0. The van der Waals surface area contributed by atoms with Gasteiger partial charge >= 0.3 is 5.51 Å². The number of rotatable bonds is 14. The molecule has 7 nitrogen and oxygen atoms in total. The molecular weight excluding hydrogens is 855 g/mol. The van der Waals surface area contributed by atoms with Crippen LogP contribution >= 0.6 is 47.1 Å². The summed E-state index contributed by atoms with van der Waals surface area (Å²) >= 11 is 8.81. The first-order valence-corrected chi connectivity index (χ1v) is 23.9. The summed E-state index contributed by atoms with van der Waals surface area (Å²) in [4.78, 5) is 21.9. The van der Waals surface area contributed by atoms with Crippen LogP contribution in [0.2, 0.25) is 5.02 Å². The molecule has 1 amide bonds. The monoisotopic (exact) mass is 911 g/mol. The molecule has 4 aromatic rings. The molecule has 1 aliphatic carbocycles. The summed E-state index contributed by atoms with van der Waals surface area (Å²) in [5.41, 5.74) is 7.37. The summed E-state index contributed by atoms with van der Waals surface area (Å²) < 4.78 is 46.4. The van der Waals surface area contributed by atoms with Crippen LogP contribution in [0.1, 0.15) is 61.9 Å². The molecule has 328 valence electrons. The van der Waals surface area contributed by atoms with Crippen molar-refractivity contribution in [2.45, 2.75) is 66.1 Å². The van der Waals surface area contributed by atoms with Gasteiger partial charge in [0.1, 0.15) is 0 Å². The number of nitrogen functional groups attached to an aromatic ring is 1. The molecule has 0 aromatic heterocycles. The highest BCUT2D eigenvalue weighted by Gasteiger charge is 2.31. The summed E-state index contributed by atoms with van der Waals surface area (Å²) in [6.45, 7) is 14.7. The maximum Gasteiger partial charge on any atom is 0.446 e. The quantitative estimate of drug-likeness (QED) is 0.0557. The molecule has 3 aliphatic rings. The molecule has 2 heterocycles. The van der Waals surface area contributed by atoms with E-state index in [0.717, 1.165) is 94.5 Å². The lowest BCUT2D eigenvalue weighted by Gasteiger charge is -2.39. The zero-order valence-corrected chi connectivity index (χ0v) is 38.2. The first-order valence-electron chi connectivity index (χ1n) is 20.9. The van der Waals surface area contributed by atoms with E-state index in [9.17, 15) is 18.0 Å². The molecule has 3 N–H and O–H groups in total. The lowest BCUT2D eigenvalue weighted by Crippen LogP contribution is -2.47. The van der Waals surface area contributed by atoms with E-state index >= 15 is 0 Å². The van der Waals surface area contributed by atoms with E-state index in [-0.39, 0.29) is 28.3 Å². The number of nitrogens with two attached hydrogens (primary N) is 1. The third-order valence-corrected chi connectivity index (χ3v) is 14.0. The Morgan fingerprint density at radius 2 is 1.56 bits per heavy atom. The summed E-state index contributed by atoms with van der Waals surface area (Å²) in [5.74, 6) is 0.905. The number of piperazine rings is 1. The molecule has 7 rings (SSSR count). The average molecular weight is 913 g/mol. The largest absolute Gasteiger partial charge is 0.446 e. The van der Waals surface area contributed by atoms with Gasteiger partial charge in [-0.2, -0.15) is 13.2 Å². The number of hydrogen-bond acceptors (Lipinski definition) is 9. The minimum Gasteiger partial charge on any atom is -0.398 e. The van der Waals surface area contributed by atoms with E-state index < -0.39 is 5.51 Å². The van der Waals surface area contributed by atoms with E-state index in [1.165, 1.54) is 65.3 Å². The van der Waals surface area contributed by atoms with Crippen LogP contribution in [0.25, 0.3) is 5.57 Å². The zero-order chi connectivity index (χ0) is 43.2. The summed E-state index contributed by atoms with van der Waals surface area (Å²) in [7, 11) is 0. The number of allylic oxidation sites excluding steroid dienone is 1. The highest BCUT2D eigenvalue weighted by molar-refractivity contribution is 8.00. The van der Waals surface area contributed by atoms with Crippen LogP contribution in [-0.2, 0) is 4.74 Å². The molecule has 14 heteroatoms. The van der Waals surface area contributed by atoms with Gasteiger partial charge in [0.25, 0.3) is 5.91 Å². The highest BCUT2D eigenvalue weighted by atomic mass is 35.5. The van der Waals surface area contributed by atoms with E-state index in [1.807, 2.05) is 36.0 Å². The number of anilines is 2. The maximum atomic E-state index is 12.8. The Hall–Kier alpha value is -3.30. The number of unbranched alkanes of at least 4 members (excludes halogenated alkanes) is 1. The normalized spacial score (nSPS) is 17.4. The van der Waals surface area contributed by atoms with Crippen molar-refractivity contribution in [3.05, 3.63) is 119 Å². The number of ether oxygens (including phenoxy) is 1. The standard InChI is InChI=1S/C33H36ClF3N4OS2.C14H21NOS/c1-32(2)14-13-28(22-3-7-25(34)8-4-22)24(20-32)21-40-15-17-41(18-16-40)26-9-5-23(6-10-26)31(42)39-44-27-11-12-29(38)30(19-27)43-33(35,36)37;1-2-6-14(7-3-1)17-13-5-4-8-15-9-11-16-12-10-15/h3-12,19H,13-18,20-21,38H2,1-2H3,(H,39,42);1-3,6-7H,4-5,8-13H2. The molecule has 2 saturated heterocycles. The number of thioether (sulfide) groups is 2.